The van der Waals surface area contributed by atoms with Crippen LogP contribution in [0.4, 0.5) is 4.79 Å². The molecule has 0 aromatic rings. The number of methoxy groups -OCH3 is 1. The maximum absolute atomic E-state index is 11.2. The zero-order chi connectivity index (χ0) is 16.5. The quantitative estimate of drug-likeness (QED) is 0.232. The normalized spacial score (nSPS) is 10.5. The van der Waals surface area contributed by atoms with E-state index in [2.05, 4.69) is 16.4 Å². The lowest BCUT2D eigenvalue weighted by molar-refractivity contribution is -0.139. The van der Waals surface area contributed by atoms with Crippen LogP contribution in [0.5, 0.6) is 0 Å². The van der Waals surface area contributed by atoms with Gasteiger partial charge in [-0.2, -0.15) is 0 Å². The van der Waals surface area contributed by atoms with E-state index < -0.39 is 12.1 Å². The second-order valence-corrected chi connectivity index (χ2v) is 5.92. The minimum atomic E-state index is -0.917. The molecule has 0 heterocycles. The molecule has 0 aromatic carbocycles. The molecule has 130 valence electrons. The van der Waals surface area contributed by atoms with E-state index in [0.717, 1.165) is 19.3 Å². The molecule has 0 fully saturated rings. The summed E-state index contributed by atoms with van der Waals surface area (Å²) in [7, 11) is 1.20. The van der Waals surface area contributed by atoms with Crippen LogP contribution in [0.15, 0.2) is 0 Å². The average molecular weight is 314 g/mol. The number of rotatable bonds is 14. The largest absolute Gasteiger partial charge is 0.515 e. The summed E-state index contributed by atoms with van der Waals surface area (Å²) in [6, 6.07) is 0. The van der Waals surface area contributed by atoms with Gasteiger partial charge in [-0.1, -0.05) is 84.0 Å². The van der Waals surface area contributed by atoms with Crippen LogP contribution >= 0.6 is 0 Å². The summed E-state index contributed by atoms with van der Waals surface area (Å²) in [6.07, 6.45) is 15.8. The van der Waals surface area contributed by atoms with Crippen LogP contribution < -0.4 is 0 Å². The van der Waals surface area contributed by atoms with Crippen molar-refractivity contribution in [1.29, 1.82) is 0 Å². The van der Waals surface area contributed by atoms with Crippen molar-refractivity contribution >= 4 is 12.1 Å². The molecule has 0 amide bonds. The van der Waals surface area contributed by atoms with E-state index in [1.807, 2.05) is 0 Å². The van der Waals surface area contributed by atoms with Gasteiger partial charge in [-0.05, 0) is 6.42 Å². The minimum Gasteiger partial charge on any atom is -0.437 e. The van der Waals surface area contributed by atoms with Crippen molar-refractivity contribution in [3.63, 3.8) is 0 Å². The molecule has 4 nitrogen and oxygen atoms in total. The molecule has 0 aliphatic rings. The average Bonchev–Trinajstić information content (AvgIpc) is 2.51. The molecule has 0 spiro atoms. The van der Waals surface area contributed by atoms with E-state index in [1.54, 1.807) is 0 Å². The van der Waals surface area contributed by atoms with Gasteiger partial charge in [0.25, 0.3) is 0 Å². The lowest BCUT2D eigenvalue weighted by Crippen LogP contribution is -2.11. The SMILES string of the molecule is CCCCCCCCCCCCCCCC(=O)OC(=O)OC. The molecule has 0 bridgehead atoms. The molecule has 0 saturated carbocycles. The molecular formula is C18H34O4. The topological polar surface area (TPSA) is 52.6 Å². The van der Waals surface area contributed by atoms with E-state index >= 15 is 0 Å². The van der Waals surface area contributed by atoms with E-state index in [9.17, 15) is 9.59 Å². The predicted molar refractivity (Wildman–Crippen MR) is 88.8 cm³/mol. The number of hydrogen-bond acceptors (Lipinski definition) is 4. The van der Waals surface area contributed by atoms with Crippen LogP contribution in [-0.2, 0) is 14.3 Å². The zero-order valence-electron chi connectivity index (χ0n) is 14.5. The molecule has 0 atom stereocenters. The summed E-state index contributed by atoms with van der Waals surface area (Å²) in [5, 5.41) is 0. The van der Waals surface area contributed by atoms with Gasteiger partial charge in [0, 0.05) is 6.42 Å². The third kappa shape index (κ3) is 15.3. The molecule has 0 saturated heterocycles. The first kappa shape index (κ1) is 20.9. The Labute approximate surface area is 135 Å². The minimum absolute atomic E-state index is 0.298. The van der Waals surface area contributed by atoms with Crippen molar-refractivity contribution in [1.82, 2.24) is 0 Å². The Morgan fingerprint density at radius 3 is 1.50 bits per heavy atom. The lowest BCUT2D eigenvalue weighted by Gasteiger charge is -2.03. The first-order valence-corrected chi connectivity index (χ1v) is 8.99. The van der Waals surface area contributed by atoms with E-state index in [4.69, 9.17) is 0 Å². The fraction of sp³-hybridized carbons (Fsp3) is 0.889. The van der Waals surface area contributed by atoms with Crippen molar-refractivity contribution in [2.24, 2.45) is 0 Å². The Morgan fingerprint density at radius 1 is 0.682 bits per heavy atom. The number of carbonyl (C=O) groups excluding carboxylic acids is 2. The molecule has 22 heavy (non-hydrogen) atoms. The second-order valence-electron chi connectivity index (χ2n) is 5.92. The maximum Gasteiger partial charge on any atom is 0.515 e. The van der Waals surface area contributed by atoms with Gasteiger partial charge < -0.3 is 9.47 Å². The number of ether oxygens (including phenoxy) is 2. The summed E-state index contributed by atoms with van der Waals surface area (Å²) in [4.78, 5) is 21.9. The highest BCUT2D eigenvalue weighted by Gasteiger charge is 2.09. The summed E-state index contributed by atoms with van der Waals surface area (Å²) in [5.74, 6) is -0.491. The fourth-order valence-electron chi connectivity index (χ4n) is 2.47. The van der Waals surface area contributed by atoms with Gasteiger partial charge in [0.15, 0.2) is 0 Å². The standard InChI is InChI=1S/C18H34O4/c1-3-4-5-6-7-8-9-10-11-12-13-14-15-16-17(19)22-18(20)21-2/h3-16H2,1-2H3. The van der Waals surface area contributed by atoms with Gasteiger partial charge in [-0.25, -0.2) is 4.79 Å². The molecule has 0 aliphatic heterocycles. The van der Waals surface area contributed by atoms with Crippen LogP contribution in [0, 0.1) is 0 Å². The summed E-state index contributed by atoms with van der Waals surface area (Å²) >= 11 is 0. The molecule has 0 N–H and O–H groups in total. The van der Waals surface area contributed by atoms with E-state index in [-0.39, 0.29) is 0 Å². The van der Waals surface area contributed by atoms with Crippen LogP contribution in [0.25, 0.3) is 0 Å². The van der Waals surface area contributed by atoms with Crippen molar-refractivity contribution in [3.8, 4) is 0 Å². The third-order valence-electron chi connectivity index (χ3n) is 3.85. The van der Waals surface area contributed by atoms with Gasteiger partial charge in [0.2, 0.25) is 0 Å². The molecule has 0 unspecified atom stereocenters. The lowest BCUT2D eigenvalue weighted by atomic mass is 10.0. The monoisotopic (exact) mass is 314 g/mol. The Kier molecular flexibility index (Phi) is 15.5. The maximum atomic E-state index is 11.2. The highest BCUT2D eigenvalue weighted by Crippen LogP contribution is 2.13. The molecule has 0 aromatic heterocycles. The van der Waals surface area contributed by atoms with E-state index in [0.29, 0.717) is 6.42 Å². The van der Waals surface area contributed by atoms with Crippen LogP contribution in [-0.4, -0.2) is 19.2 Å². The first-order chi connectivity index (χ1) is 10.7. The summed E-state index contributed by atoms with van der Waals surface area (Å²) < 4.78 is 8.66. The molecule has 4 heteroatoms. The van der Waals surface area contributed by atoms with Crippen molar-refractivity contribution < 1.29 is 19.1 Å². The van der Waals surface area contributed by atoms with Crippen molar-refractivity contribution in [2.75, 3.05) is 7.11 Å². The van der Waals surface area contributed by atoms with Crippen LogP contribution in [0.2, 0.25) is 0 Å². The highest BCUT2D eigenvalue weighted by molar-refractivity contribution is 5.81. The molecule has 0 rings (SSSR count). The predicted octanol–water partition coefficient (Wildman–Crippen LogP) is 5.78. The summed E-state index contributed by atoms with van der Waals surface area (Å²) in [5.41, 5.74) is 0. The Balaban J connectivity index is 3.14. The first-order valence-electron chi connectivity index (χ1n) is 8.99. The van der Waals surface area contributed by atoms with Crippen molar-refractivity contribution in [3.05, 3.63) is 0 Å². The Bertz CT molecular complexity index is 276. The molecule has 0 radical (unpaired) electrons. The second kappa shape index (κ2) is 16.3. The third-order valence-corrected chi connectivity index (χ3v) is 3.85. The molecular weight excluding hydrogens is 280 g/mol. The Hall–Kier alpha value is -1.06. The number of unbranched alkanes of at least 4 members (excludes halogenated alkanes) is 12. The molecule has 0 aliphatic carbocycles. The Morgan fingerprint density at radius 2 is 1.09 bits per heavy atom. The fourth-order valence-corrected chi connectivity index (χ4v) is 2.47. The summed E-state index contributed by atoms with van der Waals surface area (Å²) in [6.45, 7) is 2.25. The van der Waals surface area contributed by atoms with Crippen molar-refractivity contribution in [2.45, 2.75) is 96.8 Å². The smallest absolute Gasteiger partial charge is 0.437 e. The number of hydrogen-bond donors (Lipinski definition) is 0. The van der Waals surface area contributed by atoms with E-state index in [1.165, 1.54) is 71.3 Å². The highest BCUT2D eigenvalue weighted by atomic mass is 16.7. The van der Waals surface area contributed by atoms with Gasteiger partial charge in [-0.15, -0.1) is 0 Å². The van der Waals surface area contributed by atoms with Gasteiger partial charge in [0.1, 0.15) is 0 Å². The van der Waals surface area contributed by atoms with Crippen LogP contribution in [0.3, 0.4) is 0 Å². The van der Waals surface area contributed by atoms with Gasteiger partial charge in [-0.3, -0.25) is 4.79 Å². The number of carbonyl (C=O) groups is 2. The zero-order valence-corrected chi connectivity index (χ0v) is 14.5. The van der Waals surface area contributed by atoms with Crippen LogP contribution in [0.1, 0.15) is 96.8 Å². The number of esters is 1. The van der Waals surface area contributed by atoms with Gasteiger partial charge >= 0.3 is 12.1 Å². The van der Waals surface area contributed by atoms with Gasteiger partial charge in [0.05, 0.1) is 7.11 Å².